The molecule has 100 valence electrons. The van der Waals surface area contributed by atoms with Gasteiger partial charge in [0.2, 0.25) is 5.91 Å². The Balaban J connectivity index is 1.54. The van der Waals surface area contributed by atoms with Gasteiger partial charge < -0.3 is 9.64 Å². The molecule has 2 bridgehead atoms. The van der Waals surface area contributed by atoms with Gasteiger partial charge in [-0.2, -0.15) is 0 Å². The van der Waals surface area contributed by atoms with Gasteiger partial charge in [-0.3, -0.25) is 10.1 Å². The van der Waals surface area contributed by atoms with E-state index in [4.69, 9.17) is 4.74 Å². The molecule has 3 saturated heterocycles. The van der Waals surface area contributed by atoms with Crippen molar-refractivity contribution in [1.82, 2.24) is 10.2 Å². The molecule has 0 aromatic rings. The van der Waals surface area contributed by atoms with E-state index in [9.17, 15) is 4.79 Å². The molecule has 3 aliphatic heterocycles. The van der Waals surface area contributed by atoms with Gasteiger partial charge in [0.25, 0.3) is 0 Å². The van der Waals surface area contributed by atoms with Crippen molar-refractivity contribution in [2.75, 3.05) is 6.54 Å². The number of amides is 1. The second kappa shape index (κ2) is 4.20. The molecule has 4 aliphatic rings. The van der Waals surface area contributed by atoms with Crippen molar-refractivity contribution < 1.29 is 9.53 Å². The van der Waals surface area contributed by atoms with Crippen LogP contribution in [0.2, 0.25) is 0 Å². The first kappa shape index (κ1) is 11.2. The number of rotatable bonds is 2. The number of carbonyl (C=O) groups is 1. The van der Waals surface area contributed by atoms with Gasteiger partial charge in [-0.15, -0.1) is 0 Å². The van der Waals surface area contributed by atoms with Crippen molar-refractivity contribution in [3.8, 4) is 0 Å². The van der Waals surface area contributed by atoms with Crippen LogP contribution in [0.15, 0.2) is 0 Å². The van der Waals surface area contributed by atoms with Crippen LogP contribution in [-0.4, -0.2) is 41.8 Å². The van der Waals surface area contributed by atoms with E-state index < -0.39 is 0 Å². The Morgan fingerprint density at radius 3 is 2.67 bits per heavy atom. The van der Waals surface area contributed by atoms with Gasteiger partial charge in [-0.05, 0) is 38.0 Å². The van der Waals surface area contributed by atoms with Crippen LogP contribution in [0.25, 0.3) is 0 Å². The normalized spacial score (nSPS) is 44.4. The Labute approximate surface area is 108 Å². The van der Waals surface area contributed by atoms with E-state index in [0.717, 1.165) is 12.8 Å². The average Bonchev–Trinajstić information content (AvgIpc) is 3.12. The lowest BCUT2D eigenvalue weighted by atomic mass is 9.92. The summed E-state index contributed by atoms with van der Waals surface area (Å²) < 4.78 is 5.93. The van der Waals surface area contributed by atoms with Crippen LogP contribution in [0.1, 0.15) is 44.9 Å². The third kappa shape index (κ3) is 1.62. The van der Waals surface area contributed by atoms with Crippen molar-refractivity contribution in [2.45, 2.75) is 69.4 Å². The molecular formula is C14H22N2O2. The Hall–Kier alpha value is -0.610. The highest BCUT2D eigenvalue weighted by Gasteiger charge is 2.50. The summed E-state index contributed by atoms with van der Waals surface area (Å²) in [5.74, 6) is 0.976. The van der Waals surface area contributed by atoms with Crippen LogP contribution in [0.4, 0.5) is 0 Å². The van der Waals surface area contributed by atoms with Gasteiger partial charge >= 0.3 is 0 Å². The Morgan fingerprint density at radius 1 is 1.17 bits per heavy atom. The monoisotopic (exact) mass is 250 g/mol. The smallest absolute Gasteiger partial charge is 0.238 e. The zero-order valence-corrected chi connectivity index (χ0v) is 10.8. The quantitative estimate of drug-likeness (QED) is 0.802. The Morgan fingerprint density at radius 2 is 2.00 bits per heavy atom. The summed E-state index contributed by atoms with van der Waals surface area (Å²) in [6.45, 7) is 0.537. The summed E-state index contributed by atoms with van der Waals surface area (Å²) in [6.07, 6.45) is 9.69. The van der Waals surface area contributed by atoms with Gasteiger partial charge in [0.15, 0.2) is 0 Å². The molecule has 4 heteroatoms. The third-order valence-electron chi connectivity index (χ3n) is 5.33. The number of hydrogen-bond donors (Lipinski definition) is 1. The van der Waals surface area contributed by atoms with Gasteiger partial charge in [-0.1, -0.05) is 12.8 Å². The summed E-state index contributed by atoms with van der Waals surface area (Å²) in [5, 5.41) is 3.46. The molecule has 3 heterocycles. The van der Waals surface area contributed by atoms with Gasteiger partial charge in [-0.25, -0.2) is 0 Å². The number of ether oxygens (including phenoxy) is 1. The van der Waals surface area contributed by atoms with Crippen LogP contribution < -0.4 is 5.32 Å². The van der Waals surface area contributed by atoms with Gasteiger partial charge in [0.05, 0.1) is 31.0 Å². The van der Waals surface area contributed by atoms with Crippen LogP contribution in [0.3, 0.4) is 0 Å². The molecule has 4 atom stereocenters. The maximum atomic E-state index is 12.2. The van der Waals surface area contributed by atoms with Crippen LogP contribution in [-0.2, 0) is 9.53 Å². The Kier molecular flexibility index (Phi) is 2.62. The van der Waals surface area contributed by atoms with Gasteiger partial charge in [0.1, 0.15) is 0 Å². The van der Waals surface area contributed by atoms with Crippen LogP contribution >= 0.6 is 0 Å². The fourth-order valence-corrected chi connectivity index (χ4v) is 4.50. The van der Waals surface area contributed by atoms with E-state index >= 15 is 0 Å². The maximum absolute atomic E-state index is 12.2. The van der Waals surface area contributed by atoms with Crippen molar-refractivity contribution in [1.29, 1.82) is 0 Å². The number of nitrogens with zero attached hydrogens (tertiary/aromatic N) is 1. The highest BCUT2D eigenvalue weighted by atomic mass is 16.5. The lowest BCUT2D eigenvalue weighted by Crippen LogP contribution is -2.51. The van der Waals surface area contributed by atoms with Crippen LogP contribution in [0.5, 0.6) is 0 Å². The number of carbonyl (C=O) groups excluding carboxylic acids is 1. The van der Waals surface area contributed by atoms with E-state index in [0.29, 0.717) is 42.8 Å². The topological polar surface area (TPSA) is 41.6 Å². The highest BCUT2D eigenvalue weighted by Crippen LogP contribution is 2.40. The van der Waals surface area contributed by atoms with Gasteiger partial charge in [0, 0.05) is 0 Å². The molecule has 1 amide bonds. The molecule has 0 aromatic carbocycles. The zero-order valence-electron chi connectivity index (χ0n) is 10.8. The first-order valence-corrected chi connectivity index (χ1v) is 7.53. The molecule has 4 unspecified atom stereocenters. The largest absolute Gasteiger partial charge is 0.373 e. The van der Waals surface area contributed by atoms with E-state index in [1.165, 1.54) is 32.1 Å². The minimum absolute atomic E-state index is 0.299. The van der Waals surface area contributed by atoms with E-state index in [1.807, 2.05) is 0 Å². The maximum Gasteiger partial charge on any atom is 0.238 e. The SMILES string of the molecule is O=C1CNC(C2CCCC2)N1C1CC2CCC1O2. The molecule has 0 radical (unpaired) electrons. The predicted octanol–water partition coefficient (Wildman–Crippen LogP) is 1.25. The summed E-state index contributed by atoms with van der Waals surface area (Å²) in [6, 6.07) is 0.358. The highest BCUT2D eigenvalue weighted by molar-refractivity contribution is 5.81. The number of nitrogens with one attached hydrogen (secondary N) is 1. The fourth-order valence-electron chi connectivity index (χ4n) is 4.50. The fraction of sp³-hybridized carbons (Fsp3) is 0.929. The summed E-state index contributed by atoms with van der Waals surface area (Å²) in [7, 11) is 0. The van der Waals surface area contributed by atoms with E-state index in [2.05, 4.69) is 10.2 Å². The number of fused-ring (bicyclic) bond motifs is 2. The second-order valence-electron chi connectivity index (χ2n) is 6.35. The summed E-state index contributed by atoms with van der Waals surface area (Å²) in [5.41, 5.74) is 0. The second-order valence-corrected chi connectivity index (χ2v) is 6.35. The molecule has 4 nitrogen and oxygen atoms in total. The number of hydrogen-bond acceptors (Lipinski definition) is 3. The predicted molar refractivity (Wildman–Crippen MR) is 66.9 cm³/mol. The molecule has 1 saturated carbocycles. The van der Waals surface area contributed by atoms with Crippen molar-refractivity contribution in [3.63, 3.8) is 0 Å². The van der Waals surface area contributed by atoms with Crippen LogP contribution in [0, 0.1) is 5.92 Å². The molecule has 1 aliphatic carbocycles. The standard InChI is InChI=1S/C14H22N2O2/c17-13-8-15-14(9-3-1-2-4-9)16(13)11-7-10-5-6-12(11)18-10/h9-12,14-15H,1-8H2. The first-order valence-electron chi connectivity index (χ1n) is 7.53. The Bertz CT molecular complexity index is 354. The van der Waals surface area contributed by atoms with Crippen molar-refractivity contribution in [2.24, 2.45) is 5.92 Å². The molecular weight excluding hydrogens is 228 g/mol. The molecule has 18 heavy (non-hydrogen) atoms. The minimum Gasteiger partial charge on any atom is -0.373 e. The van der Waals surface area contributed by atoms with E-state index in [-0.39, 0.29) is 0 Å². The minimum atomic E-state index is 0.299. The molecule has 1 N–H and O–H groups in total. The average molecular weight is 250 g/mol. The zero-order chi connectivity index (χ0) is 12.1. The lowest BCUT2D eigenvalue weighted by molar-refractivity contribution is -0.132. The summed E-state index contributed by atoms with van der Waals surface area (Å²) in [4.78, 5) is 14.4. The molecule has 4 fully saturated rings. The molecule has 0 spiro atoms. The first-order chi connectivity index (χ1) is 8.83. The molecule has 0 aromatic heterocycles. The van der Waals surface area contributed by atoms with E-state index in [1.54, 1.807) is 0 Å². The van der Waals surface area contributed by atoms with Crippen molar-refractivity contribution in [3.05, 3.63) is 0 Å². The third-order valence-corrected chi connectivity index (χ3v) is 5.33. The summed E-state index contributed by atoms with van der Waals surface area (Å²) >= 11 is 0. The van der Waals surface area contributed by atoms with Crippen molar-refractivity contribution >= 4 is 5.91 Å². The lowest BCUT2D eigenvalue weighted by Gasteiger charge is -2.36. The molecule has 4 rings (SSSR count).